The lowest BCUT2D eigenvalue weighted by Gasteiger charge is -2.37. The molecule has 0 aliphatic carbocycles. The van der Waals surface area contributed by atoms with Gasteiger partial charge in [-0.15, -0.1) is 0 Å². The van der Waals surface area contributed by atoms with Crippen molar-refractivity contribution in [3.8, 4) is 0 Å². The minimum atomic E-state index is -0.594. The van der Waals surface area contributed by atoms with E-state index >= 15 is 0 Å². The molecule has 0 aromatic heterocycles. The second-order valence-electron chi connectivity index (χ2n) is 5.38. The van der Waals surface area contributed by atoms with Crippen LogP contribution in [0.5, 0.6) is 0 Å². The average molecular weight is 247 g/mol. The lowest BCUT2D eigenvalue weighted by molar-refractivity contribution is -0.0181. The van der Waals surface area contributed by atoms with Crippen molar-refractivity contribution in [2.75, 3.05) is 13.1 Å². The summed E-state index contributed by atoms with van der Waals surface area (Å²) in [5.41, 5.74) is 6.85. The van der Waals surface area contributed by atoms with Crippen molar-refractivity contribution < 1.29 is 5.11 Å². The summed E-state index contributed by atoms with van der Waals surface area (Å²) in [6.07, 6.45) is 1.87. The van der Waals surface area contributed by atoms with Crippen LogP contribution in [0.3, 0.4) is 0 Å². The lowest BCUT2D eigenvalue weighted by atomic mass is 9.94. The predicted octanol–water partition coefficient (Wildman–Crippen LogP) is 1.32. The van der Waals surface area contributed by atoms with Crippen LogP contribution in [-0.2, 0) is 6.54 Å². The number of hydrogen-bond donors (Lipinski definition) is 3. The number of hydrogen-bond acceptors (Lipinski definition) is 3. The quantitative estimate of drug-likeness (QED) is 0.557. The van der Waals surface area contributed by atoms with Crippen molar-refractivity contribution in [2.45, 2.75) is 31.9 Å². The number of nitrogens with zero attached hydrogens (tertiary/aromatic N) is 1. The Hall–Kier alpha value is -1.39. The molecule has 1 atom stereocenters. The molecule has 1 aliphatic heterocycles. The van der Waals surface area contributed by atoms with Gasteiger partial charge in [-0.1, -0.05) is 24.3 Å². The van der Waals surface area contributed by atoms with Crippen LogP contribution in [0, 0.1) is 5.41 Å². The van der Waals surface area contributed by atoms with Gasteiger partial charge in [0.25, 0.3) is 0 Å². The maximum atomic E-state index is 10.1. The summed E-state index contributed by atoms with van der Waals surface area (Å²) in [4.78, 5) is 2.23. The van der Waals surface area contributed by atoms with E-state index in [9.17, 15) is 5.11 Å². The van der Waals surface area contributed by atoms with Crippen molar-refractivity contribution in [3.05, 3.63) is 35.4 Å². The molecule has 1 aromatic carbocycles. The van der Waals surface area contributed by atoms with Gasteiger partial charge in [0.1, 0.15) is 5.84 Å². The third-order valence-corrected chi connectivity index (χ3v) is 3.46. The third-order valence-electron chi connectivity index (χ3n) is 3.46. The molecule has 98 valence electrons. The first-order chi connectivity index (χ1) is 8.48. The Morgan fingerprint density at radius 3 is 2.89 bits per heavy atom. The number of likely N-dealkylation sites (tertiary alicyclic amines) is 1. The van der Waals surface area contributed by atoms with Gasteiger partial charge < -0.3 is 10.8 Å². The van der Waals surface area contributed by atoms with Gasteiger partial charge in [0.05, 0.1) is 5.60 Å². The normalized spacial score (nSPS) is 25.0. The summed E-state index contributed by atoms with van der Waals surface area (Å²) < 4.78 is 0. The van der Waals surface area contributed by atoms with E-state index < -0.39 is 5.60 Å². The molecule has 0 amide bonds. The van der Waals surface area contributed by atoms with Crippen molar-refractivity contribution in [2.24, 2.45) is 5.73 Å². The number of nitrogens with two attached hydrogens (primary N) is 1. The maximum absolute atomic E-state index is 10.1. The Labute approximate surface area is 108 Å². The van der Waals surface area contributed by atoms with Gasteiger partial charge in [0.2, 0.25) is 0 Å². The highest BCUT2D eigenvalue weighted by Gasteiger charge is 2.28. The number of nitrogen functional groups attached to an aromatic ring is 1. The fourth-order valence-electron chi connectivity index (χ4n) is 2.62. The standard InChI is InChI=1S/C14H21N3O/c1-14(18)7-4-8-17(10-14)9-11-5-2-3-6-12(11)13(15)16/h2-3,5-6,18H,4,7-10H2,1H3,(H3,15,16). The van der Waals surface area contributed by atoms with Crippen molar-refractivity contribution in [1.29, 1.82) is 5.41 Å². The highest BCUT2D eigenvalue weighted by Crippen LogP contribution is 2.22. The van der Waals surface area contributed by atoms with Crippen LogP contribution in [0.15, 0.2) is 24.3 Å². The first kappa shape index (κ1) is 13.1. The molecule has 1 saturated heterocycles. The van der Waals surface area contributed by atoms with Gasteiger partial charge in [0.15, 0.2) is 0 Å². The van der Waals surface area contributed by atoms with E-state index in [1.54, 1.807) is 0 Å². The van der Waals surface area contributed by atoms with Gasteiger partial charge in [-0.05, 0) is 31.9 Å². The van der Waals surface area contributed by atoms with Gasteiger partial charge in [-0.25, -0.2) is 0 Å². The molecule has 0 saturated carbocycles. The van der Waals surface area contributed by atoms with Crippen LogP contribution < -0.4 is 5.73 Å². The van der Waals surface area contributed by atoms with Crippen LogP contribution in [0.1, 0.15) is 30.9 Å². The van der Waals surface area contributed by atoms with Crippen molar-refractivity contribution in [1.82, 2.24) is 4.90 Å². The second kappa shape index (κ2) is 5.08. The largest absolute Gasteiger partial charge is 0.389 e. The molecule has 1 aliphatic rings. The van der Waals surface area contributed by atoms with Crippen molar-refractivity contribution in [3.63, 3.8) is 0 Å². The highest BCUT2D eigenvalue weighted by atomic mass is 16.3. The molecule has 1 aromatic rings. The topological polar surface area (TPSA) is 73.3 Å². The van der Waals surface area contributed by atoms with E-state index in [4.69, 9.17) is 11.1 Å². The van der Waals surface area contributed by atoms with Crippen molar-refractivity contribution >= 4 is 5.84 Å². The number of β-amino-alcohol motifs (C(OH)–C–C–N with tert-alkyl or cyclic N) is 1. The van der Waals surface area contributed by atoms with Gasteiger partial charge in [-0.3, -0.25) is 10.3 Å². The molecular formula is C14H21N3O. The Balaban J connectivity index is 2.12. The molecule has 1 heterocycles. The molecule has 4 heteroatoms. The third kappa shape index (κ3) is 3.09. The molecule has 4 N–H and O–H groups in total. The van der Waals surface area contributed by atoms with Gasteiger partial charge in [0, 0.05) is 18.7 Å². The molecule has 4 nitrogen and oxygen atoms in total. The van der Waals surface area contributed by atoms with Crippen LogP contribution in [-0.4, -0.2) is 34.5 Å². The van der Waals surface area contributed by atoms with E-state index in [0.717, 1.165) is 37.1 Å². The van der Waals surface area contributed by atoms with Gasteiger partial charge in [-0.2, -0.15) is 0 Å². The summed E-state index contributed by atoms with van der Waals surface area (Å²) in [5, 5.41) is 17.7. The SMILES string of the molecule is CC1(O)CCCN(Cc2ccccc2C(=N)N)C1. The zero-order chi connectivity index (χ0) is 13.2. The molecule has 18 heavy (non-hydrogen) atoms. The molecule has 1 unspecified atom stereocenters. The molecule has 0 radical (unpaired) electrons. The fourth-order valence-corrected chi connectivity index (χ4v) is 2.62. The summed E-state index contributed by atoms with van der Waals surface area (Å²) in [6, 6.07) is 7.73. The van der Waals surface area contributed by atoms with Crippen LogP contribution >= 0.6 is 0 Å². The minimum absolute atomic E-state index is 0.106. The molecule has 1 fully saturated rings. The van der Waals surface area contributed by atoms with Gasteiger partial charge >= 0.3 is 0 Å². The van der Waals surface area contributed by atoms with E-state index in [1.807, 2.05) is 31.2 Å². The predicted molar refractivity (Wildman–Crippen MR) is 72.6 cm³/mol. The minimum Gasteiger partial charge on any atom is -0.389 e. The second-order valence-corrected chi connectivity index (χ2v) is 5.38. The first-order valence-corrected chi connectivity index (χ1v) is 6.35. The zero-order valence-corrected chi connectivity index (χ0v) is 10.8. The number of aliphatic hydroxyl groups is 1. The van der Waals surface area contributed by atoms with E-state index in [0.29, 0.717) is 6.54 Å². The number of rotatable bonds is 3. The number of nitrogens with one attached hydrogen (secondary N) is 1. The molecule has 0 bridgehead atoms. The fraction of sp³-hybridized carbons (Fsp3) is 0.500. The number of benzene rings is 1. The number of amidine groups is 1. The molecular weight excluding hydrogens is 226 g/mol. The molecule has 2 rings (SSSR count). The van der Waals surface area contributed by atoms with E-state index in [2.05, 4.69) is 4.90 Å². The van der Waals surface area contributed by atoms with E-state index in [1.165, 1.54) is 0 Å². The Morgan fingerprint density at radius 2 is 2.22 bits per heavy atom. The summed E-state index contributed by atoms with van der Waals surface area (Å²) in [7, 11) is 0. The zero-order valence-electron chi connectivity index (χ0n) is 10.8. The summed E-state index contributed by atoms with van der Waals surface area (Å²) in [5.74, 6) is 0.106. The van der Waals surface area contributed by atoms with E-state index in [-0.39, 0.29) is 5.84 Å². The summed E-state index contributed by atoms with van der Waals surface area (Å²) in [6.45, 7) is 4.30. The van der Waals surface area contributed by atoms with Crippen LogP contribution in [0.25, 0.3) is 0 Å². The Morgan fingerprint density at radius 1 is 1.50 bits per heavy atom. The summed E-state index contributed by atoms with van der Waals surface area (Å²) >= 11 is 0. The lowest BCUT2D eigenvalue weighted by Crippen LogP contribution is -2.45. The van der Waals surface area contributed by atoms with Crippen LogP contribution in [0.2, 0.25) is 0 Å². The monoisotopic (exact) mass is 247 g/mol. The Bertz CT molecular complexity index is 442. The smallest absolute Gasteiger partial charge is 0.123 e. The average Bonchev–Trinajstić information content (AvgIpc) is 2.28. The number of piperidine rings is 1. The van der Waals surface area contributed by atoms with Crippen LogP contribution in [0.4, 0.5) is 0 Å². The molecule has 0 spiro atoms. The maximum Gasteiger partial charge on any atom is 0.123 e. The highest BCUT2D eigenvalue weighted by molar-refractivity contribution is 5.96. The first-order valence-electron chi connectivity index (χ1n) is 6.35. The Kier molecular flexibility index (Phi) is 3.68.